The third-order valence-corrected chi connectivity index (χ3v) is 5.03. The Morgan fingerprint density at radius 3 is 2.65 bits per heavy atom. The normalized spacial score (nSPS) is 11.0. The smallest absolute Gasteiger partial charge is 0.180 e. The van der Waals surface area contributed by atoms with E-state index < -0.39 is 0 Å². The molecule has 5 nitrogen and oxygen atoms in total. The lowest BCUT2D eigenvalue weighted by atomic mass is 10.2. The van der Waals surface area contributed by atoms with Gasteiger partial charge in [-0.05, 0) is 39.0 Å². The maximum Gasteiger partial charge on any atom is 0.180 e. The summed E-state index contributed by atoms with van der Waals surface area (Å²) < 4.78 is 13.1. The van der Waals surface area contributed by atoms with Gasteiger partial charge in [0.15, 0.2) is 5.82 Å². The van der Waals surface area contributed by atoms with Gasteiger partial charge in [-0.2, -0.15) is 0 Å². The van der Waals surface area contributed by atoms with Crippen LogP contribution in [0.4, 0.5) is 0 Å². The molecule has 132 valence electrons. The van der Waals surface area contributed by atoms with E-state index in [2.05, 4.69) is 35.0 Å². The minimum absolute atomic E-state index is 0.468. The number of thiazole rings is 1. The maximum atomic E-state index is 5.79. The van der Waals surface area contributed by atoms with Gasteiger partial charge in [0.1, 0.15) is 23.1 Å². The second kappa shape index (κ2) is 6.80. The van der Waals surface area contributed by atoms with Gasteiger partial charge < -0.3 is 9.26 Å². The first kappa shape index (κ1) is 16.6. The fourth-order valence-corrected chi connectivity index (χ4v) is 3.70. The minimum atomic E-state index is 0.468. The Morgan fingerprint density at radius 2 is 1.92 bits per heavy atom. The fourth-order valence-electron chi connectivity index (χ4n) is 3.00. The summed E-state index contributed by atoms with van der Waals surface area (Å²) in [6.07, 6.45) is 0. The van der Waals surface area contributed by atoms with Crippen LogP contribution in [0.1, 0.15) is 22.2 Å². The van der Waals surface area contributed by atoms with Crippen molar-refractivity contribution in [2.24, 2.45) is 0 Å². The summed E-state index contributed by atoms with van der Waals surface area (Å²) >= 11 is 1.61. The molecule has 0 unspecified atom stereocenters. The molecule has 0 spiro atoms. The average molecular weight is 365 g/mol. The minimum Gasteiger partial charge on any atom is -0.486 e. The lowest BCUT2D eigenvalue weighted by Crippen LogP contribution is -1.99. The molecule has 0 atom stereocenters. The molecule has 0 bridgehead atoms. The molecule has 0 aliphatic heterocycles. The molecule has 26 heavy (non-hydrogen) atoms. The van der Waals surface area contributed by atoms with Crippen LogP contribution in [0.25, 0.3) is 17.1 Å². The molecule has 0 aliphatic rings. The van der Waals surface area contributed by atoms with Crippen molar-refractivity contribution in [3.8, 4) is 22.8 Å². The number of aryl methyl sites for hydroxylation is 2. The molecule has 3 heterocycles. The van der Waals surface area contributed by atoms with E-state index in [-0.39, 0.29) is 0 Å². The first-order valence-electron chi connectivity index (χ1n) is 8.37. The third kappa shape index (κ3) is 3.15. The van der Waals surface area contributed by atoms with Gasteiger partial charge in [-0.1, -0.05) is 23.4 Å². The fraction of sp³-hybridized carbons (Fsp3) is 0.200. The van der Waals surface area contributed by atoms with Crippen LogP contribution in [-0.2, 0) is 6.61 Å². The van der Waals surface area contributed by atoms with E-state index in [4.69, 9.17) is 14.2 Å². The second-order valence-corrected chi connectivity index (χ2v) is 7.09. The van der Waals surface area contributed by atoms with Gasteiger partial charge >= 0.3 is 0 Å². The quantitative estimate of drug-likeness (QED) is 0.494. The number of hydrogen-bond acceptors (Lipinski definition) is 5. The van der Waals surface area contributed by atoms with Crippen LogP contribution < -0.4 is 4.74 Å². The average Bonchev–Trinajstić information content (AvgIpc) is 3.34. The summed E-state index contributed by atoms with van der Waals surface area (Å²) in [5.41, 5.74) is 4.25. The summed E-state index contributed by atoms with van der Waals surface area (Å²) in [6, 6.07) is 13.9. The molecule has 4 aromatic rings. The van der Waals surface area contributed by atoms with E-state index in [0.29, 0.717) is 6.61 Å². The summed E-state index contributed by atoms with van der Waals surface area (Å²) in [5, 5.41) is 7.16. The molecular formula is C20H19N3O2S. The lowest BCUT2D eigenvalue weighted by Gasteiger charge is -2.04. The monoisotopic (exact) mass is 365 g/mol. The largest absolute Gasteiger partial charge is 0.486 e. The summed E-state index contributed by atoms with van der Waals surface area (Å²) in [4.78, 5) is 4.75. The van der Waals surface area contributed by atoms with Gasteiger partial charge in [0.05, 0.1) is 5.69 Å². The Balaban J connectivity index is 1.58. The summed E-state index contributed by atoms with van der Waals surface area (Å²) in [7, 11) is 0. The molecular weight excluding hydrogens is 346 g/mol. The van der Waals surface area contributed by atoms with Gasteiger partial charge in [0.25, 0.3) is 0 Å². The van der Waals surface area contributed by atoms with E-state index >= 15 is 0 Å². The van der Waals surface area contributed by atoms with Crippen LogP contribution in [0.5, 0.6) is 5.75 Å². The number of nitrogens with zero attached hydrogens (tertiary/aromatic N) is 3. The van der Waals surface area contributed by atoms with Crippen LogP contribution in [0, 0.1) is 20.8 Å². The molecule has 6 heteroatoms. The zero-order valence-corrected chi connectivity index (χ0v) is 15.7. The summed E-state index contributed by atoms with van der Waals surface area (Å²) in [5.74, 6) is 2.44. The van der Waals surface area contributed by atoms with E-state index in [1.807, 2.05) is 43.3 Å². The van der Waals surface area contributed by atoms with Gasteiger partial charge in [-0.25, -0.2) is 4.98 Å². The van der Waals surface area contributed by atoms with Crippen molar-refractivity contribution in [2.75, 3.05) is 0 Å². The van der Waals surface area contributed by atoms with E-state index in [9.17, 15) is 0 Å². The highest BCUT2D eigenvalue weighted by Gasteiger charge is 2.16. The topological polar surface area (TPSA) is 53.1 Å². The zero-order valence-electron chi connectivity index (χ0n) is 14.9. The summed E-state index contributed by atoms with van der Waals surface area (Å²) in [6.45, 7) is 6.50. The van der Waals surface area contributed by atoms with Gasteiger partial charge in [-0.3, -0.25) is 4.57 Å². The first-order chi connectivity index (χ1) is 12.6. The van der Waals surface area contributed by atoms with Crippen LogP contribution in [0.3, 0.4) is 0 Å². The predicted molar refractivity (Wildman–Crippen MR) is 102 cm³/mol. The van der Waals surface area contributed by atoms with Crippen molar-refractivity contribution in [1.82, 2.24) is 14.7 Å². The molecule has 3 aromatic heterocycles. The Bertz CT molecular complexity index is 1030. The number of hydrogen-bond donors (Lipinski definition) is 0. The number of rotatable bonds is 5. The van der Waals surface area contributed by atoms with Crippen molar-refractivity contribution >= 4 is 11.3 Å². The Hall–Kier alpha value is -2.86. The molecule has 4 rings (SSSR count). The maximum absolute atomic E-state index is 5.79. The van der Waals surface area contributed by atoms with Gasteiger partial charge in [0.2, 0.25) is 0 Å². The van der Waals surface area contributed by atoms with Crippen LogP contribution in [0.15, 0.2) is 52.4 Å². The Kier molecular flexibility index (Phi) is 4.34. The highest BCUT2D eigenvalue weighted by molar-refractivity contribution is 7.09. The van der Waals surface area contributed by atoms with Crippen molar-refractivity contribution in [3.05, 3.63) is 70.0 Å². The molecule has 0 amide bonds. The number of para-hydroxylation sites is 1. The Labute approximate surface area is 155 Å². The molecule has 0 saturated carbocycles. The van der Waals surface area contributed by atoms with Crippen molar-refractivity contribution in [1.29, 1.82) is 0 Å². The van der Waals surface area contributed by atoms with Crippen molar-refractivity contribution in [2.45, 2.75) is 27.4 Å². The van der Waals surface area contributed by atoms with Crippen molar-refractivity contribution < 1.29 is 9.26 Å². The number of aromatic nitrogens is 3. The number of ether oxygens (including phenoxy) is 1. The standard InChI is InChI=1S/C20H19N3O2S/c1-13-9-17(15(3)23(13)19-10-14(2)25-22-19)18-12-26-20(21-18)11-24-16-7-5-4-6-8-16/h4-10,12H,11H2,1-3H3. The first-order valence-corrected chi connectivity index (χ1v) is 9.25. The van der Waals surface area contributed by atoms with Crippen LogP contribution in [-0.4, -0.2) is 14.7 Å². The molecule has 0 saturated heterocycles. The lowest BCUT2D eigenvalue weighted by molar-refractivity contribution is 0.305. The molecule has 0 aliphatic carbocycles. The third-order valence-electron chi connectivity index (χ3n) is 4.21. The van der Waals surface area contributed by atoms with Gasteiger partial charge in [0, 0.05) is 28.4 Å². The highest BCUT2D eigenvalue weighted by atomic mass is 32.1. The van der Waals surface area contributed by atoms with Gasteiger partial charge in [-0.15, -0.1) is 11.3 Å². The Morgan fingerprint density at radius 1 is 1.12 bits per heavy atom. The van der Waals surface area contributed by atoms with Crippen molar-refractivity contribution in [3.63, 3.8) is 0 Å². The molecule has 1 aromatic carbocycles. The number of benzene rings is 1. The zero-order chi connectivity index (χ0) is 18.1. The molecule has 0 fully saturated rings. The molecule has 0 N–H and O–H groups in total. The SMILES string of the molecule is Cc1cc(-n2c(C)cc(-c3csc(COc4ccccc4)n3)c2C)no1. The highest BCUT2D eigenvalue weighted by Crippen LogP contribution is 2.30. The second-order valence-electron chi connectivity index (χ2n) is 6.14. The van der Waals surface area contributed by atoms with Crippen LogP contribution in [0.2, 0.25) is 0 Å². The molecule has 0 radical (unpaired) electrons. The van der Waals surface area contributed by atoms with Crippen LogP contribution >= 0.6 is 11.3 Å². The van der Waals surface area contributed by atoms with E-state index in [1.54, 1.807) is 11.3 Å². The predicted octanol–water partition coefficient (Wildman–Crippen LogP) is 5.09. The van der Waals surface area contributed by atoms with E-state index in [0.717, 1.165) is 45.0 Å². The van der Waals surface area contributed by atoms with E-state index in [1.165, 1.54) is 0 Å².